The highest BCUT2D eigenvalue weighted by atomic mass is 16.6. The van der Waals surface area contributed by atoms with Crippen LogP contribution in [0.4, 0.5) is 5.69 Å². The maximum absolute atomic E-state index is 10.6. The second-order valence-corrected chi connectivity index (χ2v) is 2.50. The Morgan fingerprint density at radius 3 is 2.71 bits per heavy atom. The predicted octanol–water partition coefficient (Wildman–Crippen LogP) is 2.00. The van der Waals surface area contributed by atoms with Gasteiger partial charge in [-0.3, -0.25) is 10.1 Å². The summed E-state index contributed by atoms with van der Waals surface area (Å²) in [6, 6.07) is 4.56. The molecule has 5 nitrogen and oxygen atoms in total. The molecule has 0 aliphatic carbocycles. The Morgan fingerprint density at radius 2 is 2.21 bits per heavy atom. The van der Waals surface area contributed by atoms with Crippen LogP contribution in [0.1, 0.15) is 6.92 Å². The van der Waals surface area contributed by atoms with E-state index in [1.807, 2.05) is 0 Å². The number of benzene rings is 1. The van der Waals surface area contributed by atoms with Crippen molar-refractivity contribution in [1.29, 1.82) is 0 Å². The molecule has 0 aliphatic heterocycles. The lowest BCUT2D eigenvalue weighted by Crippen LogP contribution is -1.99. The standard InChI is InChI=1S/C9H11NO4/c1-3-14-9-7(10(11)12)5-4-6-8(9)13-2/h4-6H,3H2,1-2H3. The number of nitro groups is 1. The first-order valence-corrected chi connectivity index (χ1v) is 4.15. The quantitative estimate of drug-likeness (QED) is 0.547. The van der Waals surface area contributed by atoms with Gasteiger partial charge in [0.25, 0.3) is 0 Å². The topological polar surface area (TPSA) is 61.6 Å². The van der Waals surface area contributed by atoms with E-state index in [2.05, 4.69) is 0 Å². The third kappa shape index (κ3) is 1.93. The number of hydrogen-bond acceptors (Lipinski definition) is 4. The minimum Gasteiger partial charge on any atom is -0.493 e. The van der Waals surface area contributed by atoms with E-state index in [4.69, 9.17) is 9.47 Å². The number of para-hydroxylation sites is 1. The first-order valence-electron chi connectivity index (χ1n) is 4.15. The van der Waals surface area contributed by atoms with Gasteiger partial charge in [-0.1, -0.05) is 6.07 Å². The fourth-order valence-corrected chi connectivity index (χ4v) is 1.10. The van der Waals surface area contributed by atoms with Crippen LogP contribution in [-0.2, 0) is 0 Å². The Bertz CT molecular complexity index is 338. The zero-order chi connectivity index (χ0) is 10.6. The maximum atomic E-state index is 10.6. The van der Waals surface area contributed by atoms with Gasteiger partial charge >= 0.3 is 5.69 Å². The van der Waals surface area contributed by atoms with Crippen molar-refractivity contribution < 1.29 is 14.4 Å². The number of nitro benzene ring substituents is 1. The van der Waals surface area contributed by atoms with E-state index >= 15 is 0 Å². The van der Waals surface area contributed by atoms with Crippen LogP contribution >= 0.6 is 0 Å². The number of rotatable bonds is 4. The number of hydrogen-bond donors (Lipinski definition) is 0. The molecule has 14 heavy (non-hydrogen) atoms. The molecule has 0 aliphatic rings. The van der Waals surface area contributed by atoms with Crippen molar-refractivity contribution in [2.45, 2.75) is 6.92 Å². The van der Waals surface area contributed by atoms with Crippen molar-refractivity contribution in [3.63, 3.8) is 0 Å². The number of ether oxygens (including phenoxy) is 2. The Balaban J connectivity index is 3.20. The van der Waals surface area contributed by atoms with Crippen LogP contribution in [0.25, 0.3) is 0 Å². The molecule has 0 unspecified atom stereocenters. The average Bonchev–Trinajstić information content (AvgIpc) is 2.18. The zero-order valence-electron chi connectivity index (χ0n) is 8.02. The largest absolute Gasteiger partial charge is 0.493 e. The molecule has 0 saturated carbocycles. The van der Waals surface area contributed by atoms with E-state index in [9.17, 15) is 10.1 Å². The summed E-state index contributed by atoms with van der Waals surface area (Å²) in [5.74, 6) is 0.559. The average molecular weight is 197 g/mol. The van der Waals surface area contributed by atoms with Crippen molar-refractivity contribution in [3.8, 4) is 11.5 Å². The molecule has 5 heteroatoms. The molecule has 1 aromatic carbocycles. The normalized spacial score (nSPS) is 9.57. The maximum Gasteiger partial charge on any atom is 0.314 e. The lowest BCUT2D eigenvalue weighted by atomic mass is 10.3. The number of nitrogens with zero attached hydrogens (tertiary/aromatic N) is 1. The Hall–Kier alpha value is -1.78. The summed E-state index contributed by atoms with van der Waals surface area (Å²) in [5.41, 5.74) is -0.0776. The molecular weight excluding hydrogens is 186 g/mol. The third-order valence-electron chi connectivity index (χ3n) is 1.66. The molecular formula is C9H11NO4. The van der Waals surface area contributed by atoms with Gasteiger partial charge in [0, 0.05) is 6.07 Å². The molecule has 0 aromatic heterocycles. The van der Waals surface area contributed by atoms with Gasteiger partial charge in [-0.25, -0.2) is 0 Å². The minimum absolute atomic E-state index is 0.0776. The van der Waals surface area contributed by atoms with Gasteiger partial charge in [0.1, 0.15) is 0 Å². The third-order valence-corrected chi connectivity index (χ3v) is 1.66. The minimum atomic E-state index is -0.493. The summed E-state index contributed by atoms with van der Waals surface area (Å²) in [4.78, 5) is 10.1. The van der Waals surface area contributed by atoms with E-state index < -0.39 is 4.92 Å². The second-order valence-electron chi connectivity index (χ2n) is 2.50. The van der Waals surface area contributed by atoms with E-state index in [0.717, 1.165) is 0 Å². The SMILES string of the molecule is CCOc1c(OC)cccc1[N+](=O)[O-]. The number of methoxy groups -OCH3 is 1. The molecule has 0 radical (unpaired) electrons. The smallest absolute Gasteiger partial charge is 0.314 e. The van der Waals surface area contributed by atoms with Crippen LogP contribution in [0.3, 0.4) is 0 Å². The summed E-state index contributed by atoms with van der Waals surface area (Å²) in [6.45, 7) is 2.12. The van der Waals surface area contributed by atoms with Gasteiger partial charge in [-0.2, -0.15) is 0 Å². The van der Waals surface area contributed by atoms with Gasteiger partial charge in [-0.15, -0.1) is 0 Å². The van der Waals surface area contributed by atoms with Crippen LogP contribution in [0.15, 0.2) is 18.2 Å². The Morgan fingerprint density at radius 1 is 1.50 bits per heavy atom. The monoisotopic (exact) mass is 197 g/mol. The molecule has 0 saturated heterocycles. The summed E-state index contributed by atoms with van der Waals surface area (Å²) < 4.78 is 10.1. The summed E-state index contributed by atoms with van der Waals surface area (Å²) in [7, 11) is 1.45. The molecule has 0 heterocycles. The first-order chi connectivity index (χ1) is 6.70. The van der Waals surface area contributed by atoms with Crippen molar-refractivity contribution in [3.05, 3.63) is 28.3 Å². The molecule has 0 N–H and O–H groups in total. The van der Waals surface area contributed by atoms with Crippen LogP contribution in [0.5, 0.6) is 11.5 Å². The summed E-state index contributed by atoms with van der Waals surface area (Å²) in [6.07, 6.45) is 0. The molecule has 1 rings (SSSR count). The molecule has 0 atom stereocenters. The lowest BCUT2D eigenvalue weighted by Gasteiger charge is -2.08. The predicted molar refractivity (Wildman–Crippen MR) is 50.8 cm³/mol. The van der Waals surface area contributed by atoms with Crippen molar-refractivity contribution in [2.24, 2.45) is 0 Å². The summed E-state index contributed by atoms with van der Waals surface area (Å²) >= 11 is 0. The molecule has 0 fully saturated rings. The first kappa shape index (κ1) is 10.3. The Labute approximate surface area is 81.4 Å². The van der Waals surface area contributed by atoms with Gasteiger partial charge in [0.05, 0.1) is 18.6 Å². The molecule has 0 amide bonds. The zero-order valence-corrected chi connectivity index (χ0v) is 8.02. The van der Waals surface area contributed by atoms with E-state index in [1.165, 1.54) is 13.2 Å². The van der Waals surface area contributed by atoms with E-state index in [-0.39, 0.29) is 11.4 Å². The van der Waals surface area contributed by atoms with Gasteiger partial charge in [0.15, 0.2) is 5.75 Å². The van der Waals surface area contributed by atoms with Crippen LogP contribution in [0.2, 0.25) is 0 Å². The second kappa shape index (κ2) is 4.45. The molecule has 1 aromatic rings. The Kier molecular flexibility index (Phi) is 3.28. The highest BCUT2D eigenvalue weighted by Gasteiger charge is 2.18. The van der Waals surface area contributed by atoms with E-state index in [0.29, 0.717) is 12.4 Å². The molecule has 76 valence electrons. The highest BCUT2D eigenvalue weighted by Crippen LogP contribution is 2.36. The molecule has 0 spiro atoms. The lowest BCUT2D eigenvalue weighted by molar-refractivity contribution is -0.385. The van der Waals surface area contributed by atoms with Crippen LogP contribution in [-0.4, -0.2) is 18.6 Å². The van der Waals surface area contributed by atoms with Gasteiger partial charge in [-0.05, 0) is 13.0 Å². The highest BCUT2D eigenvalue weighted by molar-refractivity contribution is 5.55. The van der Waals surface area contributed by atoms with Crippen molar-refractivity contribution >= 4 is 5.69 Å². The fraction of sp³-hybridized carbons (Fsp3) is 0.333. The van der Waals surface area contributed by atoms with Crippen molar-refractivity contribution in [1.82, 2.24) is 0 Å². The van der Waals surface area contributed by atoms with E-state index in [1.54, 1.807) is 19.1 Å². The molecule has 0 bridgehead atoms. The van der Waals surface area contributed by atoms with Crippen LogP contribution < -0.4 is 9.47 Å². The van der Waals surface area contributed by atoms with Crippen LogP contribution in [0, 0.1) is 10.1 Å². The van der Waals surface area contributed by atoms with Gasteiger partial charge in [0.2, 0.25) is 5.75 Å². The van der Waals surface area contributed by atoms with Crippen molar-refractivity contribution in [2.75, 3.05) is 13.7 Å². The van der Waals surface area contributed by atoms with Gasteiger partial charge < -0.3 is 9.47 Å². The summed E-state index contributed by atoms with van der Waals surface area (Å²) in [5, 5.41) is 10.6. The fourth-order valence-electron chi connectivity index (χ4n) is 1.10.